The summed E-state index contributed by atoms with van der Waals surface area (Å²) in [6.07, 6.45) is 7.70. The maximum absolute atomic E-state index is 11.8. The summed E-state index contributed by atoms with van der Waals surface area (Å²) in [7, 11) is 0. The van der Waals surface area contributed by atoms with E-state index < -0.39 is 0 Å². The van der Waals surface area contributed by atoms with Gasteiger partial charge in [0.15, 0.2) is 0 Å². The van der Waals surface area contributed by atoms with E-state index in [2.05, 4.69) is 15.3 Å². The number of hydrogen-bond acceptors (Lipinski definition) is 5. The first-order valence-electron chi connectivity index (χ1n) is 5.88. The zero-order valence-electron chi connectivity index (χ0n) is 10.8. The molecule has 0 spiro atoms. The number of thiazole rings is 1. The quantitative estimate of drug-likeness (QED) is 0.919. The molecule has 0 saturated carbocycles. The van der Waals surface area contributed by atoms with E-state index >= 15 is 0 Å². The standard InChI is InChI=1S/C13H15N3OS2/c1-9(18-2)6-11(17)16-12-8-15-13(19-12)10-4-3-5-14-7-10/h3-5,7-9H,6H2,1-2H3,(H,16,17). The lowest BCUT2D eigenvalue weighted by atomic mass is 10.3. The van der Waals surface area contributed by atoms with Crippen LogP contribution >= 0.6 is 23.1 Å². The molecule has 100 valence electrons. The lowest BCUT2D eigenvalue weighted by Crippen LogP contribution is -2.15. The fourth-order valence-electron chi connectivity index (χ4n) is 1.49. The molecule has 4 nitrogen and oxygen atoms in total. The van der Waals surface area contributed by atoms with Crippen molar-refractivity contribution < 1.29 is 4.79 Å². The Morgan fingerprint density at radius 3 is 3.05 bits per heavy atom. The van der Waals surface area contributed by atoms with Crippen molar-refractivity contribution in [3.63, 3.8) is 0 Å². The second-order valence-corrected chi connectivity index (χ2v) is 6.38. The highest BCUT2D eigenvalue weighted by molar-refractivity contribution is 7.99. The molecule has 0 fully saturated rings. The van der Waals surface area contributed by atoms with E-state index in [-0.39, 0.29) is 5.91 Å². The summed E-state index contributed by atoms with van der Waals surface area (Å²) in [5.74, 6) is 0.0308. The molecule has 2 aromatic rings. The molecule has 19 heavy (non-hydrogen) atoms. The van der Waals surface area contributed by atoms with Gasteiger partial charge in [0, 0.05) is 29.6 Å². The van der Waals surface area contributed by atoms with Crippen molar-refractivity contribution in [3.8, 4) is 10.6 Å². The fraction of sp³-hybridized carbons (Fsp3) is 0.308. The predicted molar refractivity (Wildman–Crippen MR) is 81.6 cm³/mol. The van der Waals surface area contributed by atoms with Crippen molar-refractivity contribution in [1.82, 2.24) is 9.97 Å². The van der Waals surface area contributed by atoms with E-state index in [9.17, 15) is 4.79 Å². The number of amides is 1. The summed E-state index contributed by atoms with van der Waals surface area (Å²) in [5, 5.41) is 4.84. The Kier molecular flexibility index (Phi) is 4.93. The van der Waals surface area contributed by atoms with Gasteiger partial charge < -0.3 is 5.32 Å². The van der Waals surface area contributed by atoms with Crippen LogP contribution in [-0.2, 0) is 4.79 Å². The second kappa shape index (κ2) is 6.68. The van der Waals surface area contributed by atoms with E-state index in [0.29, 0.717) is 11.7 Å². The molecular formula is C13H15N3OS2. The first-order valence-corrected chi connectivity index (χ1v) is 7.98. The van der Waals surface area contributed by atoms with Gasteiger partial charge in [0.2, 0.25) is 5.91 Å². The van der Waals surface area contributed by atoms with Crippen LogP contribution in [0, 0.1) is 0 Å². The van der Waals surface area contributed by atoms with Gasteiger partial charge in [-0.15, -0.1) is 0 Å². The fourth-order valence-corrected chi connectivity index (χ4v) is 2.63. The number of nitrogens with one attached hydrogen (secondary N) is 1. The van der Waals surface area contributed by atoms with Crippen molar-refractivity contribution in [2.75, 3.05) is 11.6 Å². The van der Waals surface area contributed by atoms with E-state index in [1.807, 2.05) is 25.3 Å². The largest absolute Gasteiger partial charge is 0.316 e. The van der Waals surface area contributed by atoms with Crippen LogP contribution in [0.25, 0.3) is 10.6 Å². The zero-order valence-corrected chi connectivity index (χ0v) is 12.4. The number of rotatable bonds is 5. The number of pyridine rings is 1. The Morgan fingerprint density at radius 2 is 2.37 bits per heavy atom. The van der Waals surface area contributed by atoms with Gasteiger partial charge in [-0.25, -0.2) is 4.98 Å². The molecule has 1 atom stereocenters. The third-order valence-electron chi connectivity index (χ3n) is 2.55. The van der Waals surface area contributed by atoms with E-state index in [1.54, 1.807) is 30.4 Å². The molecule has 0 aromatic carbocycles. The molecular weight excluding hydrogens is 278 g/mol. The average molecular weight is 293 g/mol. The minimum atomic E-state index is 0.0308. The molecule has 1 N–H and O–H groups in total. The first kappa shape index (κ1) is 14.0. The molecule has 2 rings (SSSR count). The monoisotopic (exact) mass is 293 g/mol. The van der Waals surface area contributed by atoms with Gasteiger partial charge in [-0.1, -0.05) is 18.3 Å². The summed E-state index contributed by atoms with van der Waals surface area (Å²) in [4.78, 5) is 20.1. The third-order valence-corrected chi connectivity index (χ3v) is 4.49. The molecule has 0 aliphatic carbocycles. The highest BCUT2D eigenvalue weighted by Gasteiger charge is 2.10. The molecule has 0 aliphatic heterocycles. The van der Waals surface area contributed by atoms with Crippen LogP contribution in [0.1, 0.15) is 13.3 Å². The zero-order chi connectivity index (χ0) is 13.7. The van der Waals surface area contributed by atoms with Gasteiger partial charge in [-0.05, 0) is 18.4 Å². The van der Waals surface area contributed by atoms with Crippen LogP contribution in [-0.4, -0.2) is 27.4 Å². The summed E-state index contributed by atoms with van der Waals surface area (Å²) in [5.41, 5.74) is 0.963. The SMILES string of the molecule is CSC(C)CC(=O)Nc1cnc(-c2cccnc2)s1. The van der Waals surface area contributed by atoms with Gasteiger partial charge in [0.1, 0.15) is 10.0 Å². The Balaban J connectivity index is 2.00. The number of thioether (sulfide) groups is 1. The van der Waals surface area contributed by atoms with Crippen LogP contribution in [0.2, 0.25) is 0 Å². The predicted octanol–water partition coefficient (Wildman–Crippen LogP) is 3.29. The van der Waals surface area contributed by atoms with Crippen LogP contribution in [0.15, 0.2) is 30.7 Å². The average Bonchev–Trinajstić information content (AvgIpc) is 2.88. The maximum atomic E-state index is 11.8. The number of hydrogen-bond donors (Lipinski definition) is 1. The number of carbonyl (C=O) groups excluding carboxylic acids is 1. The lowest BCUT2D eigenvalue weighted by Gasteiger charge is -2.06. The smallest absolute Gasteiger partial charge is 0.226 e. The van der Waals surface area contributed by atoms with Gasteiger partial charge >= 0.3 is 0 Å². The molecule has 0 saturated heterocycles. The summed E-state index contributed by atoms with van der Waals surface area (Å²) in [6, 6.07) is 3.82. The van der Waals surface area contributed by atoms with E-state index in [4.69, 9.17) is 0 Å². The number of anilines is 1. The first-order chi connectivity index (χ1) is 9.19. The summed E-state index contributed by atoms with van der Waals surface area (Å²) >= 11 is 3.14. The molecule has 6 heteroatoms. The van der Waals surface area contributed by atoms with Gasteiger partial charge in [0.05, 0.1) is 6.20 Å². The molecule has 0 bridgehead atoms. The molecule has 1 amide bonds. The Hall–Kier alpha value is -1.40. The minimum absolute atomic E-state index is 0.0308. The highest BCUT2D eigenvalue weighted by atomic mass is 32.2. The Morgan fingerprint density at radius 1 is 1.53 bits per heavy atom. The van der Waals surface area contributed by atoms with E-state index in [1.165, 1.54) is 11.3 Å². The van der Waals surface area contributed by atoms with Crippen LogP contribution in [0.3, 0.4) is 0 Å². The molecule has 2 aromatic heterocycles. The topological polar surface area (TPSA) is 54.9 Å². The van der Waals surface area contributed by atoms with Gasteiger partial charge in [-0.3, -0.25) is 9.78 Å². The molecule has 0 radical (unpaired) electrons. The number of nitrogens with zero attached hydrogens (tertiary/aromatic N) is 2. The Labute approximate surface area is 120 Å². The lowest BCUT2D eigenvalue weighted by molar-refractivity contribution is -0.116. The van der Waals surface area contributed by atoms with Crippen molar-refractivity contribution in [1.29, 1.82) is 0 Å². The maximum Gasteiger partial charge on any atom is 0.226 e. The summed E-state index contributed by atoms with van der Waals surface area (Å²) in [6.45, 7) is 2.04. The van der Waals surface area contributed by atoms with Crippen molar-refractivity contribution in [3.05, 3.63) is 30.7 Å². The third kappa shape index (κ3) is 4.04. The number of aromatic nitrogens is 2. The normalized spacial score (nSPS) is 12.1. The van der Waals surface area contributed by atoms with Crippen LogP contribution in [0.4, 0.5) is 5.00 Å². The molecule has 2 heterocycles. The van der Waals surface area contributed by atoms with E-state index in [0.717, 1.165) is 15.6 Å². The second-order valence-electron chi connectivity index (χ2n) is 4.07. The molecule has 1 unspecified atom stereocenters. The van der Waals surface area contributed by atoms with Crippen molar-refractivity contribution in [2.24, 2.45) is 0 Å². The van der Waals surface area contributed by atoms with Gasteiger partial charge in [0.25, 0.3) is 0 Å². The number of carbonyl (C=O) groups is 1. The van der Waals surface area contributed by atoms with Crippen molar-refractivity contribution in [2.45, 2.75) is 18.6 Å². The molecule has 0 aliphatic rings. The minimum Gasteiger partial charge on any atom is -0.316 e. The highest BCUT2D eigenvalue weighted by Crippen LogP contribution is 2.27. The summed E-state index contributed by atoms with van der Waals surface area (Å²) < 4.78 is 0. The Bertz CT molecular complexity index is 542. The van der Waals surface area contributed by atoms with Crippen LogP contribution < -0.4 is 5.32 Å². The van der Waals surface area contributed by atoms with Crippen LogP contribution in [0.5, 0.6) is 0 Å². The van der Waals surface area contributed by atoms with Crippen molar-refractivity contribution >= 4 is 34.0 Å². The van der Waals surface area contributed by atoms with Gasteiger partial charge in [-0.2, -0.15) is 11.8 Å².